The first-order valence-corrected chi connectivity index (χ1v) is 5.70. The van der Waals surface area contributed by atoms with Crippen molar-refractivity contribution < 1.29 is 19.4 Å². The minimum atomic E-state index is -0.965. The highest BCUT2D eigenvalue weighted by molar-refractivity contribution is 5.73. The van der Waals surface area contributed by atoms with Crippen molar-refractivity contribution in [1.29, 1.82) is 0 Å². The molecule has 2 aromatic rings. The number of aliphatic carboxylic acids is 1. The maximum atomic E-state index is 11.0. The smallest absolute Gasteiger partial charge is 0.328 e. The van der Waals surface area contributed by atoms with Crippen LogP contribution in [0.5, 0.6) is 11.5 Å². The van der Waals surface area contributed by atoms with Crippen molar-refractivity contribution in [2.45, 2.75) is 13.0 Å². The number of carbonyl (C=O) groups is 1. The first-order valence-electron chi connectivity index (χ1n) is 5.70. The van der Waals surface area contributed by atoms with Gasteiger partial charge in [0.05, 0.1) is 11.9 Å². The van der Waals surface area contributed by atoms with Gasteiger partial charge in [-0.2, -0.15) is 0 Å². The number of ether oxygens (including phenoxy) is 2. The van der Waals surface area contributed by atoms with Crippen molar-refractivity contribution in [3.8, 4) is 22.8 Å². The van der Waals surface area contributed by atoms with E-state index in [1.165, 1.54) is 10.9 Å². The molecule has 1 aromatic heterocycles. The van der Waals surface area contributed by atoms with Crippen LogP contribution >= 0.6 is 0 Å². The summed E-state index contributed by atoms with van der Waals surface area (Å²) in [4.78, 5) is 11.0. The summed E-state index contributed by atoms with van der Waals surface area (Å²) >= 11 is 0. The third-order valence-electron chi connectivity index (χ3n) is 2.97. The molecule has 0 saturated carbocycles. The molecular formula is C12H11N3O4. The van der Waals surface area contributed by atoms with Crippen molar-refractivity contribution in [2.75, 3.05) is 6.79 Å². The number of rotatable bonds is 3. The quantitative estimate of drug-likeness (QED) is 0.896. The maximum Gasteiger partial charge on any atom is 0.328 e. The molecule has 0 bridgehead atoms. The molecule has 1 aliphatic heterocycles. The van der Waals surface area contributed by atoms with Gasteiger partial charge in [0.1, 0.15) is 6.04 Å². The molecule has 1 aromatic carbocycles. The standard InChI is InChI=1S/C12H11N3O4/c1-7(12(16)17)15-9(5-13-14-15)8-2-3-10-11(4-8)19-6-18-10/h2-5,7H,6H2,1H3,(H,16,17)/t7-/m1/s1. The zero-order chi connectivity index (χ0) is 13.4. The molecule has 7 heteroatoms. The van der Waals surface area contributed by atoms with Gasteiger partial charge in [0.25, 0.3) is 0 Å². The predicted molar refractivity (Wildman–Crippen MR) is 63.9 cm³/mol. The second-order valence-electron chi connectivity index (χ2n) is 4.15. The largest absolute Gasteiger partial charge is 0.480 e. The number of carboxylic acids is 1. The Morgan fingerprint density at radius 2 is 2.21 bits per heavy atom. The monoisotopic (exact) mass is 261 g/mol. The summed E-state index contributed by atoms with van der Waals surface area (Å²) in [5.74, 6) is 0.342. The Morgan fingerprint density at radius 1 is 1.42 bits per heavy atom. The molecule has 19 heavy (non-hydrogen) atoms. The molecule has 7 nitrogen and oxygen atoms in total. The van der Waals surface area contributed by atoms with E-state index < -0.39 is 12.0 Å². The SMILES string of the molecule is C[C@H](C(=O)O)n1nncc1-c1ccc2c(c1)OCO2. The number of hydrogen-bond donors (Lipinski definition) is 1. The minimum absolute atomic E-state index is 0.196. The number of hydrogen-bond acceptors (Lipinski definition) is 5. The number of carboxylic acid groups (broad SMARTS) is 1. The molecule has 3 rings (SSSR count). The van der Waals surface area contributed by atoms with Gasteiger partial charge >= 0.3 is 5.97 Å². The van der Waals surface area contributed by atoms with Crippen LogP contribution in [0.2, 0.25) is 0 Å². The molecular weight excluding hydrogens is 250 g/mol. The van der Waals surface area contributed by atoms with Gasteiger partial charge in [0.2, 0.25) is 6.79 Å². The molecule has 0 aliphatic carbocycles. The Morgan fingerprint density at radius 3 is 3.00 bits per heavy atom. The van der Waals surface area contributed by atoms with Crippen LogP contribution in [-0.2, 0) is 4.79 Å². The van der Waals surface area contributed by atoms with E-state index in [1.807, 2.05) is 6.07 Å². The lowest BCUT2D eigenvalue weighted by Gasteiger charge is -2.10. The van der Waals surface area contributed by atoms with E-state index in [4.69, 9.17) is 14.6 Å². The Kier molecular flexibility index (Phi) is 2.59. The molecule has 0 spiro atoms. The summed E-state index contributed by atoms with van der Waals surface area (Å²) in [5, 5.41) is 16.6. The summed E-state index contributed by atoms with van der Waals surface area (Å²) in [5.41, 5.74) is 1.40. The lowest BCUT2D eigenvalue weighted by molar-refractivity contribution is -0.140. The second kappa shape index (κ2) is 4.27. The number of benzene rings is 1. The van der Waals surface area contributed by atoms with Gasteiger partial charge in [-0.15, -0.1) is 5.10 Å². The topological polar surface area (TPSA) is 86.5 Å². The van der Waals surface area contributed by atoms with Gasteiger partial charge in [-0.3, -0.25) is 0 Å². The van der Waals surface area contributed by atoms with E-state index in [2.05, 4.69) is 10.3 Å². The minimum Gasteiger partial charge on any atom is -0.480 e. The number of fused-ring (bicyclic) bond motifs is 1. The Labute approximate surface area is 108 Å². The van der Waals surface area contributed by atoms with Gasteiger partial charge in [0, 0.05) is 5.56 Å². The Balaban J connectivity index is 2.03. The lowest BCUT2D eigenvalue weighted by atomic mass is 10.1. The molecule has 0 fully saturated rings. The van der Waals surface area contributed by atoms with Crippen LogP contribution in [0.1, 0.15) is 13.0 Å². The predicted octanol–water partition coefficient (Wildman–Crippen LogP) is 1.32. The zero-order valence-corrected chi connectivity index (χ0v) is 10.1. The summed E-state index contributed by atoms with van der Waals surface area (Å²) in [6, 6.07) is 4.59. The average molecular weight is 261 g/mol. The Bertz CT molecular complexity index is 638. The van der Waals surface area contributed by atoms with E-state index in [0.29, 0.717) is 17.2 Å². The molecule has 0 amide bonds. The van der Waals surface area contributed by atoms with Gasteiger partial charge in [0.15, 0.2) is 11.5 Å². The van der Waals surface area contributed by atoms with Crippen molar-refractivity contribution >= 4 is 5.97 Å². The van der Waals surface area contributed by atoms with E-state index in [-0.39, 0.29) is 6.79 Å². The molecule has 0 saturated heterocycles. The Hall–Kier alpha value is -2.57. The maximum absolute atomic E-state index is 11.0. The molecule has 1 aliphatic rings. The molecule has 98 valence electrons. The fourth-order valence-corrected chi connectivity index (χ4v) is 1.90. The molecule has 0 radical (unpaired) electrons. The third kappa shape index (κ3) is 1.88. The van der Waals surface area contributed by atoms with Crippen LogP contribution in [0.15, 0.2) is 24.4 Å². The van der Waals surface area contributed by atoms with Crippen LogP contribution in [-0.4, -0.2) is 32.9 Å². The number of aromatic nitrogens is 3. The van der Waals surface area contributed by atoms with Crippen molar-refractivity contribution in [3.63, 3.8) is 0 Å². The van der Waals surface area contributed by atoms with E-state index >= 15 is 0 Å². The van der Waals surface area contributed by atoms with Gasteiger partial charge in [-0.1, -0.05) is 5.21 Å². The highest BCUT2D eigenvalue weighted by Crippen LogP contribution is 2.36. The van der Waals surface area contributed by atoms with E-state index in [9.17, 15) is 4.79 Å². The van der Waals surface area contributed by atoms with Crippen molar-refractivity contribution in [2.24, 2.45) is 0 Å². The molecule has 1 atom stereocenters. The number of nitrogens with zero attached hydrogens (tertiary/aromatic N) is 3. The summed E-state index contributed by atoms with van der Waals surface area (Å²) < 4.78 is 11.9. The molecule has 2 heterocycles. The summed E-state index contributed by atoms with van der Waals surface area (Å²) in [6.07, 6.45) is 1.52. The average Bonchev–Trinajstić information content (AvgIpc) is 3.05. The summed E-state index contributed by atoms with van der Waals surface area (Å²) in [6.45, 7) is 1.75. The zero-order valence-electron chi connectivity index (χ0n) is 10.1. The van der Waals surface area contributed by atoms with Gasteiger partial charge in [-0.25, -0.2) is 9.48 Å². The van der Waals surface area contributed by atoms with Crippen LogP contribution in [0.3, 0.4) is 0 Å². The van der Waals surface area contributed by atoms with Crippen LogP contribution in [0.25, 0.3) is 11.3 Å². The molecule has 0 unspecified atom stereocenters. The highest BCUT2D eigenvalue weighted by Gasteiger charge is 2.20. The van der Waals surface area contributed by atoms with Crippen LogP contribution in [0.4, 0.5) is 0 Å². The van der Waals surface area contributed by atoms with E-state index in [0.717, 1.165) is 5.56 Å². The first kappa shape index (κ1) is 11.5. The highest BCUT2D eigenvalue weighted by atomic mass is 16.7. The normalized spacial score (nSPS) is 14.4. The van der Waals surface area contributed by atoms with Crippen molar-refractivity contribution in [1.82, 2.24) is 15.0 Å². The fourth-order valence-electron chi connectivity index (χ4n) is 1.90. The third-order valence-corrected chi connectivity index (χ3v) is 2.97. The lowest BCUT2D eigenvalue weighted by Crippen LogP contribution is -2.17. The second-order valence-corrected chi connectivity index (χ2v) is 4.15. The van der Waals surface area contributed by atoms with Crippen LogP contribution < -0.4 is 9.47 Å². The van der Waals surface area contributed by atoms with Crippen molar-refractivity contribution in [3.05, 3.63) is 24.4 Å². The van der Waals surface area contributed by atoms with Gasteiger partial charge < -0.3 is 14.6 Å². The molecule has 1 N–H and O–H groups in total. The van der Waals surface area contributed by atoms with Gasteiger partial charge in [-0.05, 0) is 25.1 Å². The first-order chi connectivity index (χ1) is 9.16. The van der Waals surface area contributed by atoms with E-state index in [1.54, 1.807) is 19.1 Å². The fraction of sp³-hybridized carbons (Fsp3) is 0.250. The summed E-state index contributed by atoms with van der Waals surface area (Å²) in [7, 11) is 0. The van der Waals surface area contributed by atoms with Crippen LogP contribution in [0, 0.1) is 0 Å².